The number of hydrogen-bond donors (Lipinski definition) is 2. The Morgan fingerprint density at radius 2 is 2.21 bits per heavy atom. The molecule has 98 valence electrons. The highest BCUT2D eigenvalue weighted by Crippen LogP contribution is 2.33. The molecular formula is C14H13BrN2OS. The number of nitrogens with two attached hydrogens (primary N) is 1. The van der Waals surface area contributed by atoms with Crippen LogP contribution in [-0.4, -0.2) is 0 Å². The summed E-state index contributed by atoms with van der Waals surface area (Å²) in [6.07, 6.45) is 0. The molecule has 2 heterocycles. The first kappa shape index (κ1) is 12.9. The van der Waals surface area contributed by atoms with Gasteiger partial charge in [-0.2, -0.15) is 0 Å². The van der Waals surface area contributed by atoms with E-state index in [9.17, 15) is 0 Å². The van der Waals surface area contributed by atoms with Crippen molar-refractivity contribution in [2.75, 3.05) is 0 Å². The maximum atomic E-state index is 5.95. The van der Waals surface area contributed by atoms with E-state index in [1.54, 1.807) is 11.3 Å². The molecule has 0 bridgehead atoms. The first-order valence-electron chi connectivity index (χ1n) is 5.89. The smallest absolute Gasteiger partial charge is 0.148 e. The zero-order valence-electron chi connectivity index (χ0n) is 10.3. The number of furan rings is 1. The van der Waals surface area contributed by atoms with Crippen molar-refractivity contribution in [2.45, 2.75) is 13.0 Å². The van der Waals surface area contributed by atoms with Gasteiger partial charge in [-0.1, -0.05) is 12.1 Å². The molecule has 5 heteroatoms. The Morgan fingerprint density at radius 3 is 2.84 bits per heavy atom. The van der Waals surface area contributed by atoms with Gasteiger partial charge in [-0.05, 0) is 52.0 Å². The number of halogens is 1. The second kappa shape index (κ2) is 5.09. The molecule has 19 heavy (non-hydrogen) atoms. The van der Waals surface area contributed by atoms with E-state index in [1.165, 1.54) is 4.88 Å². The zero-order chi connectivity index (χ0) is 13.4. The number of nitrogens with one attached hydrogen (secondary N) is 1. The third-order valence-corrected chi connectivity index (χ3v) is 4.66. The van der Waals surface area contributed by atoms with Gasteiger partial charge in [0.15, 0.2) is 0 Å². The Kier molecular flexibility index (Phi) is 3.45. The van der Waals surface area contributed by atoms with Crippen molar-refractivity contribution in [3.63, 3.8) is 0 Å². The number of para-hydroxylation sites is 1. The van der Waals surface area contributed by atoms with Gasteiger partial charge in [-0.25, -0.2) is 5.43 Å². The zero-order valence-corrected chi connectivity index (χ0v) is 12.7. The minimum Gasteiger partial charge on any atom is -0.458 e. The van der Waals surface area contributed by atoms with Crippen molar-refractivity contribution in [2.24, 2.45) is 5.84 Å². The van der Waals surface area contributed by atoms with Crippen molar-refractivity contribution in [1.29, 1.82) is 0 Å². The lowest BCUT2D eigenvalue weighted by Crippen LogP contribution is -2.28. The Bertz CT molecular complexity index is 719. The van der Waals surface area contributed by atoms with Gasteiger partial charge in [-0.15, -0.1) is 11.3 Å². The van der Waals surface area contributed by atoms with Crippen LogP contribution in [0.5, 0.6) is 0 Å². The largest absolute Gasteiger partial charge is 0.458 e. The molecule has 3 nitrogen and oxygen atoms in total. The quantitative estimate of drug-likeness (QED) is 0.558. The van der Waals surface area contributed by atoms with E-state index in [2.05, 4.69) is 39.7 Å². The first-order valence-corrected chi connectivity index (χ1v) is 7.56. The standard InChI is InChI=1S/C14H13BrN2OS/c1-8-10(5-6-19-8)13(17-16)12-7-9-3-2-4-11(15)14(9)18-12/h2-7,13,17H,16H2,1H3. The van der Waals surface area contributed by atoms with Crippen LogP contribution >= 0.6 is 27.3 Å². The van der Waals surface area contributed by atoms with Crippen LogP contribution in [0.1, 0.15) is 22.2 Å². The van der Waals surface area contributed by atoms with E-state index in [-0.39, 0.29) is 6.04 Å². The summed E-state index contributed by atoms with van der Waals surface area (Å²) in [4.78, 5) is 1.24. The predicted molar refractivity (Wildman–Crippen MR) is 82.1 cm³/mol. The highest BCUT2D eigenvalue weighted by Gasteiger charge is 2.20. The second-order valence-electron chi connectivity index (χ2n) is 4.34. The van der Waals surface area contributed by atoms with Crippen molar-refractivity contribution in [3.05, 3.63) is 56.4 Å². The van der Waals surface area contributed by atoms with Gasteiger partial charge in [-0.3, -0.25) is 5.84 Å². The Hall–Kier alpha value is -1.14. The molecule has 2 aromatic heterocycles. The average Bonchev–Trinajstić information content (AvgIpc) is 2.99. The van der Waals surface area contributed by atoms with E-state index in [4.69, 9.17) is 10.3 Å². The monoisotopic (exact) mass is 336 g/mol. The van der Waals surface area contributed by atoms with E-state index >= 15 is 0 Å². The summed E-state index contributed by atoms with van der Waals surface area (Å²) in [7, 11) is 0. The van der Waals surface area contributed by atoms with Gasteiger partial charge in [0.25, 0.3) is 0 Å². The number of thiophene rings is 1. The summed E-state index contributed by atoms with van der Waals surface area (Å²) in [6.45, 7) is 2.09. The van der Waals surface area contributed by atoms with E-state index in [1.807, 2.05) is 24.3 Å². The third kappa shape index (κ3) is 2.23. The molecule has 1 unspecified atom stereocenters. The molecule has 0 saturated carbocycles. The molecule has 0 fully saturated rings. The summed E-state index contributed by atoms with van der Waals surface area (Å²) in [6, 6.07) is 9.98. The molecule has 0 spiro atoms. The molecule has 3 N–H and O–H groups in total. The maximum absolute atomic E-state index is 5.95. The number of hydrazine groups is 1. The molecule has 3 rings (SSSR count). The van der Waals surface area contributed by atoms with E-state index in [0.717, 1.165) is 26.8 Å². The number of rotatable bonds is 3. The number of hydrogen-bond acceptors (Lipinski definition) is 4. The lowest BCUT2D eigenvalue weighted by Gasteiger charge is -2.12. The molecular weight excluding hydrogens is 324 g/mol. The highest BCUT2D eigenvalue weighted by molar-refractivity contribution is 9.10. The van der Waals surface area contributed by atoms with Gasteiger partial charge in [0.05, 0.1) is 4.47 Å². The molecule has 0 aliphatic heterocycles. The van der Waals surface area contributed by atoms with Gasteiger partial charge in [0.2, 0.25) is 0 Å². The summed E-state index contributed by atoms with van der Waals surface area (Å²) < 4.78 is 6.90. The van der Waals surface area contributed by atoms with Crippen molar-refractivity contribution in [1.82, 2.24) is 5.43 Å². The highest BCUT2D eigenvalue weighted by atomic mass is 79.9. The fraction of sp³-hybridized carbons (Fsp3) is 0.143. The van der Waals surface area contributed by atoms with Crippen LogP contribution in [0.3, 0.4) is 0 Å². The number of fused-ring (bicyclic) bond motifs is 1. The lowest BCUT2D eigenvalue weighted by molar-refractivity contribution is 0.476. The summed E-state index contributed by atoms with van der Waals surface area (Å²) in [5, 5.41) is 3.13. The third-order valence-electron chi connectivity index (χ3n) is 3.18. The van der Waals surface area contributed by atoms with Crippen molar-refractivity contribution in [3.8, 4) is 0 Å². The van der Waals surface area contributed by atoms with E-state index in [0.29, 0.717) is 0 Å². The van der Waals surface area contributed by atoms with Crippen LogP contribution in [0.15, 0.2) is 44.6 Å². The second-order valence-corrected chi connectivity index (χ2v) is 6.31. The molecule has 3 aromatic rings. The van der Waals surface area contributed by atoms with Crippen LogP contribution < -0.4 is 11.3 Å². The first-order chi connectivity index (χ1) is 9.20. The number of aryl methyl sites for hydroxylation is 1. The minimum absolute atomic E-state index is 0.120. The summed E-state index contributed by atoms with van der Waals surface area (Å²) in [5.74, 6) is 6.53. The fourth-order valence-corrected chi connectivity index (χ4v) is 3.41. The lowest BCUT2D eigenvalue weighted by atomic mass is 10.1. The summed E-state index contributed by atoms with van der Waals surface area (Å²) >= 11 is 5.21. The molecule has 0 amide bonds. The molecule has 1 atom stereocenters. The molecule has 0 aliphatic carbocycles. The van der Waals surface area contributed by atoms with Crippen molar-refractivity contribution < 1.29 is 4.42 Å². The minimum atomic E-state index is -0.120. The topological polar surface area (TPSA) is 51.2 Å². The van der Waals surface area contributed by atoms with Crippen LogP contribution in [-0.2, 0) is 0 Å². The summed E-state index contributed by atoms with van der Waals surface area (Å²) in [5.41, 5.74) is 4.85. The van der Waals surface area contributed by atoms with Gasteiger partial charge >= 0.3 is 0 Å². The Morgan fingerprint density at radius 1 is 1.37 bits per heavy atom. The van der Waals surface area contributed by atoms with Gasteiger partial charge in [0.1, 0.15) is 17.4 Å². The molecule has 0 aliphatic rings. The van der Waals surface area contributed by atoms with Crippen LogP contribution in [0.2, 0.25) is 0 Å². The normalized spacial score (nSPS) is 13.0. The average molecular weight is 337 g/mol. The molecule has 0 radical (unpaired) electrons. The van der Waals surface area contributed by atoms with Crippen molar-refractivity contribution >= 4 is 38.2 Å². The SMILES string of the molecule is Cc1sccc1C(NN)c1cc2cccc(Br)c2o1. The fourth-order valence-electron chi connectivity index (χ4n) is 2.21. The maximum Gasteiger partial charge on any atom is 0.148 e. The van der Waals surface area contributed by atoms with Crippen LogP contribution in [0.4, 0.5) is 0 Å². The van der Waals surface area contributed by atoms with Gasteiger partial charge < -0.3 is 4.42 Å². The Labute approximate surface area is 123 Å². The van der Waals surface area contributed by atoms with Crippen LogP contribution in [0.25, 0.3) is 11.0 Å². The number of benzene rings is 1. The van der Waals surface area contributed by atoms with Crippen LogP contribution in [0, 0.1) is 6.92 Å². The Balaban J connectivity index is 2.12. The van der Waals surface area contributed by atoms with Gasteiger partial charge in [0, 0.05) is 10.3 Å². The molecule has 0 saturated heterocycles. The predicted octanol–water partition coefficient (Wildman–Crippen LogP) is 4.12. The van der Waals surface area contributed by atoms with E-state index < -0.39 is 0 Å². The molecule has 1 aromatic carbocycles.